The fourth-order valence-electron chi connectivity index (χ4n) is 5.62. The first-order valence-electron chi connectivity index (χ1n) is 12.9. The predicted molar refractivity (Wildman–Crippen MR) is 148 cm³/mol. The molecule has 0 amide bonds. The van der Waals surface area contributed by atoms with Crippen LogP contribution in [-0.2, 0) is 4.79 Å². The van der Waals surface area contributed by atoms with E-state index in [-0.39, 0.29) is 11.8 Å². The Morgan fingerprint density at radius 1 is 0.974 bits per heavy atom. The second-order valence-corrected chi connectivity index (χ2v) is 10.1. The molecule has 0 saturated carbocycles. The largest absolute Gasteiger partial charge is 0.480 e. The summed E-state index contributed by atoms with van der Waals surface area (Å²) in [7, 11) is 0. The number of anilines is 1. The Balaban J connectivity index is 1.53. The van der Waals surface area contributed by atoms with Crippen molar-refractivity contribution in [1.82, 2.24) is 19.5 Å². The van der Waals surface area contributed by atoms with Gasteiger partial charge in [0.05, 0.1) is 0 Å². The summed E-state index contributed by atoms with van der Waals surface area (Å²) in [5, 5.41) is 9.61. The summed E-state index contributed by atoms with van der Waals surface area (Å²) in [6, 6.07) is 13.1. The highest BCUT2D eigenvalue weighted by Crippen LogP contribution is 2.38. The van der Waals surface area contributed by atoms with Crippen molar-refractivity contribution in [3.05, 3.63) is 115 Å². The number of hydrogen-bond acceptors (Lipinski definition) is 6. The molecule has 2 N–H and O–H groups in total. The maximum atomic E-state index is 13.4. The smallest absolute Gasteiger partial charge is 0.334 e. The summed E-state index contributed by atoms with van der Waals surface area (Å²) in [5.74, 6) is -0.885. The van der Waals surface area contributed by atoms with Gasteiger partial charge in [-0.25, -0.2) is 14.6 Å². The van der Waals surface area contributed by atoms with Crippen LogP contribution in [0.5, 0.6) is 0 Å². The lowest BCUT2D eigenvalue weighted by molar-refractivity contribution is -0.138. The molecule has 9 heteroatoms. The minimum atomic E-state index is -0.935. The Bertz CT molecular complexity index is 1710. The number of nitrogens with one attached hydrogen (secondary N) is 1. The molecule has 1 aliphatic heterocycles. The molecule has 1 fully saturated rings. The highest BCUT2D eigenvalue weighted by atomic mass is 16.4. The van der Waals surface area contributed by atoms with E-state index in [9.17, 15) is 19.5 Å². The third-order valence-corrected chi connectivity index (χ3v) is 7.50. The van der Waals surface area contributed by atoms with Gasteiger partial charge in [-0.3, -0.25) is 14.3 Å². The summed E-state index contributed by atoms with van der Waals surface area (Å²) in [4.78, 5) is 51.1. The van der Waals surface area contributed by atoms with Gasteiger partial charge in [0.25, 0.3) is 5.56 Å². The minimum Gasteiger partial charge on any atom is -0.480 e. The molecule has 2 aromatic carbocycles. The van der Waals surface area contributed by atoms with Crippen LogP contribution >= 0.6 is 0 Å². The Labute approximate surface area is 224 Å². The summed E-state index contributed by atoms with van der Waals surface area (Å²) in [6.45, 7) is 4.56. The van der Waals surface area contributed by atoms with E-state index in [1.165, 1.54) is 10.8 Å². The number of aliphatic carboxylic acids is 1. The molecule has 3 heterocycles. The van der Waals surface area contributed by atoms with Gasteiger partial charge in [-0.1, -0.05) is 59.7 Å². The molecular weight excluding hydrogens is 494 g/mol. The number of fused-ring (bicyclic) bond motifs is 2. The first-order chi connectivity index (χ1) is 18.8. The van der Waals surface area contributed by atoms with Crippen LogP contribution in [-0.4, -0.2) is 43.2 Å². The van der Waals surface area contributed by atoms with E-state index in [1.807, 2.05) is 38.1 Å². The van der Waals surface area contributed by atoms with Crippen molar-refractivity contribution in [3.8, 4) is 5.82 Å². The number of aromatic nitrogens is 4. The van der Waals surface area contributed by atoms with Crippen molar-refractivity contribution in [2.45, 2.75) is 38.6 Å². The van der Waals surface area contributed by atoms with Gasteiger partial charge >= 0.3 is 11.7 Å². The average molecular weight is 522 g/mol. The second-order valence-electron chi connectivity index (χ2n) is 10.1. The lowest BCUT2D eigenvalue weighted by Gasteiger charge is -2.22. The standard InChI is InChI=1S/C30H27N5O4/c1-17-5-9-21-19(14-17)7-8-20-15-18(2)6-10-22(20)26(21)23-16-35(30(39)33-27(23)36)25-11-12-31-29(32-25)34-13-3-4-24(34)28(37)38/h5-12,14-16,24,26H,3-4,13H2,1-2H3,(H,37,38)(H,33,36,39)/t24-/m0/s1. The Kier molecular flexibility index (Phi) is 5.98. The van der Waals surface area contributed by atoms with E-state index >= 15 is 0 Å². The van der Waals surface area contributed by atoms with Crippen molar-refractivity contribution in [3.63, 3.8) is 0 Å². The molecule has 6 rings (SSSR count). The molecule has 2 aromatic heterocycles. The van der Waals surface area contributed by atoms with Crippen molar-refractivity contribution in [2.24, 2.45) is 0 Å². The van der Waals surface area contributed by atoms with Crippen molar-refractivity contribution >= 4 is 24.1 Å². The number of nitrogens with zero attached hydrogens (tertiary/aromatic N) is 4. The number of hydrogen-bond donors (Lipinski definition) is 2. The van der Waals surface area contributed by atoms with E-state index in [0.717, 1.165) is 33.4 Å². The summed E-state index contributed by atoms with van der Waals surface area (Å²) < 4.78 is 1.30. The Morgan fingerprint density at radius 2 is 1.64 bits per heavy atom. The third kappa shape index (κ3) is 4.35. The van der Waals surface area contributed by atoms with Crippen LogP contribution in [0.4, 0.5) is 5.95 Å². The summed E-state index contributed by atoms with van der Waals surface area (Å²) >= 11 is 0. The highest BCUT2D eigenvalue weighted by Gasteiger charge is 2.33. The number of H-pyrrole nitrogens is 1. The molecule has 0 radical (unpaired) electrons. The molecular formula is C30H27N5O4. The quantitative estimate of drug-likeness (QED) is 0.370. The van der Waals surface area contributed by atoms with Crippen molar-refractivity contribution in [1.29, 1.82) is 0 Å². The molecule has 0 bridgehead atoms. The first-order valence-corrected chi connectivity index (χ1v) is 12.9. The number of aryl methyl sites for hydroxylation is 2. The topological polar surface area (TPSA) is 121 Å². The van der Waals surface area contributed by atoms with E-state index in [2.05, 4.69) is 39.2 Å². The van der Waals surface area contributed by atoms with Gasteiger partial charge in [0.1, 0.15) is 11.9 Å². The molecule has 2 aliphatic rings. The van der Waals surface area contributed by atoms with E-state index in [0.29, 0.717) is 24.9 Å². The van der Waals surface area contributed by atoms with E-state index in [1.54, 1.807) is 17.2 Å². The monoisotopic (exact) mass is 521 g/mol. The number of carbonyl (C=O) groups is 1. The number of rotatable bonds is 4. The Morgan fingerprint density at radius 3 is 2.28 bits per heavy atom. The van der Waals surface area contributed by atoms with Gasteiger partial charge in [-0.05, 0) is 48.9 Å². The van der Waals surface area contributed by atoms with Crippen LogP contribution in [0.2, 0.25) is 0 Å². The van der Waals surface area contributed by atoms with Crippen LogP contribution in [0, 0.1) is 13.8 Å². The van der Waals surface area contributed by atoms with Gasteiger partial charge < -0.3 is 10.0 Å². The second kappa shape index (κ2) is 9.50. The Hall–Kier alpha value is -4.79. The molecule has 9 nitrogen and oxygen atoms in total. The lowest BCUT2D eigenvalue weighted by Crippen LogP contribution is -2.37. The molecule has 0 spiro atoms. The SMILES string of the molecule is Cc1ccc2c(c1)C=Cc1cc(C)ccc1C2c1cn(-c2ccnc(N3CCC[C@H]3C(=O)O)n2)c(=O)[nH]c1=O. The molecule has 1 aliphatic carbocycles. The van der Waals surface area contributed by atoms with Gasteiger partial charge in [-0.15, -0.1) is 0 Å². The lowest BCUT2D eigenvalue weighted by atomic mass is 9.82. The molecule has 196 valence electrons. The van der Waals surface area contributed by atoms with E-state index < -0.39 is 29.2 Å². The molecule has 4 aromatic rings. The number of benzene rings is 2. The van der Waals surface area contributed by atoms with Gasteiger partial charge in [0.15, 0.2) is 0 Å². The summed E-state index contributed by atoms with van der Waals surface area (Å²) in [6.07, 6.45) is 8.39. The van der Waals surface area contributed by atoms with Crippen molar-refractivity contribution in [2.75, 3.05) is 11.4 Å². The van der Waals surface area contributed by atoms with Gasteiger partial charge in [-0.2, -0.15) is 4.98 Å². The zero-order chi connectivity index (χ0) is 27.3. The first kappa shape index (κ1) is 24.5. The highest BCUT2D eigenvalue weighted by molar-refractivity contribution is 5.79. The molecule has 1 saturated heterocycles. The number of aromatic amines is 1. The fourth-order valence-corrected chi connectivity index (χ4v) is 5.62. The van der Waals surface area contributed by atoms with Crippen LogP contribution in [0.1, 0.15) is 57.7 Å². The average Bonchev–Trinajstić information content (AvgIpc) is 3.36. The minimum absolute atomic E-state index is 0.234. The van der Waals surface area contributed by atoms with Crippen LogP contribution < -0.4 is 16.1 Å². The normalized spacial score (nSPS) is 16.6. The van der Waals surface area contributed by atoms with Gasteiger partial charge in [0, 0.05) is 36.5 Å². The maximum Gasteiger partial charge on any atom is 0.334 e. The summed E-state index contributed by atoms with van der Waals surface area (Å²) in [5.41, 5.74) is 5.43. The van der Waals surface area contributed by atoms with E-state index in [4.69, 9.17) is 0 Å². The molecule has 0 unspecified atom stereocenters. The maximum absolute atomic E-state index is 13.4. The van der Waals surface area contributed by atoms with Gasteiger partial charge in [0.2, 0.25) is 5.95 Å². The van der Waals surface area contributed by atoms with Crippen LogP contribution in [0.3, 0.4) is 0 Å². The zero-order valence-corrected chi connectivity index (χ0v) is 21.6. The van der Waals surface area contributed by atoms with Crippen LogP contribution in [0.25, 0.3) is 18.0 Å². The third-order valence-electron chi connectivity index (χ3n) is 7.50. The van der Waals surface area contributed by atoms with Crippen molar-refractivity contribution < 1.29 is 9.90 Å². The predicted octanol–water partition coefficient (Wildman–Crippen LogP) is 3.65. The fraction of sp³-hybridized carbons (Fsp3) is 0.233. The molecule has 1 atom stereocenters. The number of carboxylic acids is 1. The van der Waals surface area contributed by atoms with Crippen LogP contribution in [0.15, 0.2) is 64.4 Å². The number of carboxylic acid groups (broad SMARTS) is 1. The zero-order valence-electron chi connectivity index (χ0n) is 21.6. The molecule has 39 heavy (non-hydrogen) atoms.